The third-order valence-electron chi connectivity index (χ3n) is 2.16. The summed E-state index contributed by atoms with van der Waals surface area (Å²) in [6, 6.07) is 4.32. The molecule has 0 aliphatic heterocycles. The van der Waals surface area contributed by atoms with E-state index >= 15 is 0 Å². The van der Waals surface area contributed by atoms with Crippen LogP contribution < -0.4 is 0 Å². The molecule has 1 aromatic carbocycles. The number of halogens is 3. The van der Waals surface area contributed by atoms with Crippen molar-refractivity contribution >= 4 is 29.3 Å². The van der Waals surface area contributed by atoms with Gasteiger partial charge < -0.3 is 5.11 Å². The van der Waals surface area contributed by atoms with Gasteiger partial charge in [0.2, 0.25) is 0 Å². The smallest absolute Gasteiger partial charge is 0.335 e. The zero-order valence-corrected chi connectivity index (χ0v) is 10.8. The molecule has 0 fully saturated rings. The van der Waals surface area contributed by atoms with Crippen molar-refractivity contribution in [3.8, 4) is 0 Å². The summed E-state index contributed by atoms with van der Waals surface area (Å²) in [5, 5.41) is 8.87. The van der Waals surface area contributed by atoms with E-state index in [1.165, 1.54) is 6.20 Å². The van der Waals surface area contributed by atoms with Gasteiger partial charge in [-0.2, -0.15) is 0 Å². The molecule has 7 heteroatoms. The number of carboxylic acids is 1. The molecule has 0 spiro atoms. The quantitative estimate of drug-likeness (QED) is 0.935. The minimum absolute atomic E-state index is 0.0198. The van der Waals surface area contributed by atoms with Crippen molar-refractivity contribution in [2.75, 3.05) is 0 Å². The van der Waals surface area contributed by atoms with Crippen molar-refractivity contribution in [1.29, 1.82) is 0 Å². The standard InChI is InChI=1S/C12H6ClF2NO2S/c13-7-4-9(15)11(16-5-7)19-10-3-6(12(17)18)1-2-8(10)14/h1-5H,(H,17,18). The van der Waals surface area contributed by atoms with Crippen LogP contribution in [0.25, 0.3) is 0 Å². The first-order chi connectivity index (χ1) is 8.97. The normalized spacial score (nSPS) is 10.5. The number of rotatable bonds is 3. The van der Waals surface area contributed by atoms with Crippen molar-refractivity contribution in [3.63, 3.8) is 0 Å². The SMILES string of the molecule is O=C(O)c1ccc(F)c(Sc2ncc(Cl)cc2F)c1. The number of carbonyl (C=O) groups is 1. The first-order valence-electron chi connectivity index (χ1n) is 4.99. The van der Waals surface area contributed by atoms with Crippen LogP contribution in [0.2, 0.25) is 5.02 Å². The number of hydrogen-bond donors (Lipinski definition) is 1. The largest absolute Gasteiger partial charge is 0.478 e. The summed E-state index contributed by atoms with van der Waals surface area (Å²) in [4.78, 5) is 14.5. The minimum atomic E-state index is -1.19. The number of pyridine rings is 1. The lowest BCUT2D eigenvalue weighted by molar-refractivity contribution is 0.0696. The Balaban J connectivity index is 2.37. The van der Waals surface area contributed by atoms with Crippen molar-refractivity contribution in [1.82, 2.24) is 4.98 Å². The molecular formula is C12H6ClF2NO2S. The predicted molar refractivity (Wildman–Crippen MR) is 66.7 cm³/mol. The third-order valence-corrected chi connectivity index (χ3v) is 3.39. The van der Waals surface area contributed by atoms with Gasteiger partial charge in [-0.3, -0.25) is 0 Å². The molecule has 1 heterocycles. The van der Waals surface area contributed by atoms with Crippen LogP contribution in [0.4, 0.5) is 8.78 Å². The van der Waals surface area contributed by atoms with Crippen LogP contribution in [0.3, 0.4) is 0 Å². The van der Waals surface area contributed by atoms with Crippen LogP contribution in [0.5, 0.6) is 0 Å². The number of carboxylic acid groups (broad SMARTS) is 1. The molecule has 1 N–H and O–H groups in total. The molecule has 0 radical (unpaired) electrons. The van der Waals surface area contributed by atoms with Gasteiger partial charge in [0.05, 0.1) is 15.5 Å². The molecule has 0 saturated heterocycles. The molecule has 0 unspecified atom stereocenters. The molecule has 0 aliphatic carbocycles. The number of aromatic nitrogens is 1. The number of benzene rings is 1. The van der Waals surface area contributed by atoms with Crippen LogP contribution >= 0.6 is 23.4 Å². The van der Waals surface area contributed by atoms with Crippen molar-refractivity contribution < 1.29 is 18.7 Å². The Kier molecular flexibility index (Phi) is 4.01. The molecule has 2 aromatic rings. The first-order valence-corrected chi connectivity index (χ1v) is 6.18. The molecule has 0 amide bonds. The molecule has 98 valence electrons. The van der Waals surface area contributed by atoms with Crippen molar-refractivity contribution in [2.45, 2.75) is 9.92 Å². The molecule has 2 rings (SSSR count). The third kappa shape index (κ3) is 3.21. The van der Waals surface area contributed by atoms with Gasteiger partial charge in [0.15, 0.2) is 5.82 Å². The summed E-state index contributed by atoms with van der Waals surface area (Å²) in [5.41, 5.74) is -0.0849. The zero-order chi connectivity index (χ0) is 14.0. The van der Waals surface area contributed by atoms with Crippen LogP contribution in [0.15, 0.2) is 40.4 Å². The highest BCUT2D eigenvalue weighted by atomic mass is 35.5. The Morgan fingerprint density at radius 3 is 2.63 bits per heavy atom. The number of aromatic carboxylic acids is 1. The van der Waals surface area contributed by atoms with E-state index in [1.807, 2.05) is 0 Å². The van der Waals surface area contributed by atoms with Gasteiger partial charge in [-0.1, -0.05) is 23.4 Å². The molecule has 3 nitrogen and oxygen atoms in total. The van der Waals surface area contributed by atoms with Gasteiger partial charge in [0.1, 0.15) is 10.8 Å². The number of nitrogens with zero attached hydrogens (tertiary/aromatic N) is 1. The summed E-state index contributed by atoms with van der Waals surface area (Å²) in [6.07, 6.45) is 1.23. The molecule has 0 atom stereocenters. The maximum atomic E-state index is 13.5. The molecule has 0 aliphatic rings. The molecule has 19 heavy (non-hydrogen) atoms. The summed E-state index contributed by atoms with van der Waals surface area (Å²) < 4.78 is 27.1. The van der Waals surface area contributed by atoms with Crippen LogP contribution in [-0.4, -0.2) is 16.1 Å². The predicted octanol–water partition coefficient (Wildman–Crippen LogP) is 3.86. The van der Waals surface area contributed by atoms with Gasteiger partial charge in [-0.15, -0.1) is 0 Å². The highest BCUT2D eigenvalue weighted by molar-refractivity contribution is 7.99. The average molecular weight is 302 g/mol. The van der Waals surface area contributed by atoms with Gasteiger partial charge in [-0.05, 0) is 24.3 Å². The fourth-order valence-electron chi connectivity index (χ4n) is 1.30. The van der Waals surface area contributed by atoms with Crippen LogP contribution in [-0.2, 0) is 0 Å². The van der Waals surface area contributed by atoms with E-state index in [2.05, 4.69) is 4.98 Å². The van der Waals surface area contributed by atoms with Gasteiger partial charge >= 0.3 is 5.97 Å². The summed E-state index contributed by atoms with van der Waals surface area (Å²) in [7, 11) is 0. The Hall–Kier alpha value is -1.66. The summed E-state index contributed by atoms with van der Waals surface area (Å²) >= 11 is 6.25. The van der Waals surface area contributed by atoms with Crippen molar-refractivity contribution in [2.24, 2.45) is 0 Å². The maximum Gasteiger partial charge on any atom is 0.335 e. The highest BCUT2D eigenvalue weighted by Crippen LogP contribution is 2.31. The number of hydrogen-bond acceptors (Lipinski definition) is 3. The second-order valence-electron chi connectivity index (χ2n) is 3.49. The Bertz CT molecular complexity index is 652. The second-order valence-corrected chi connectivity index (χ2v) is 4.96. The fraction of sp³-hybridized carbons (Fsp3) is 0. The van der Waals surface area contributed by atoms with E-state index in [0.29, 0.717) is 11.8 Å². The first kappa shape index (κ1) is 13.8. The molecule has 1 aromatic heterocycles. The van der Waals surface area contributed by atoms with E-state index in [0.717, 1.165) is 24.3 Å². The molecular weight excluding hydrogens is 296 g/mol. The van der Waals surface area contributed by atoms with Gasteiger partial charge in [0.25, 0.3) is 0 Å². The lowest BCUT2D eigenvalue weighted by Crippen LogP contribution is -1.97. The van der Waals surface area contributed by atoms with E-state index in [9.17, 15) is 13.6 Å². The second kappa shape index (κ2) is 5.54. The Labute approximate surface area is 116 Å². The maximum absolute atomic E-state index is 13.5. The minimum Gasteiger partial charge on any atom is -0.478 e. The van der Waals surface area contributed by atoms with Gasteiger partial charge in [0, 0.05) is 6.20 Å². The Morgan fingerprint density at radius 1 is 1.26 bits per heavy atom. The van der Waals surface area contributed by atoms with E-state index in [4.69, 9.17) is 16.7 Å². The summed E-state index contributed by atoms with van der Waals surface area (Å²) in [5.74, 6) is -2.53. The monoisotopic (exact) mass is 301 g/mol. The molecule has 0 bridgehead atoms. The van der Waals surface area contributed by atoms with Crippen LogP contribution in [0.1, 0.15) is 10.4 Å². The van der Waals surface area contributed by atoms with Gasteiger partial charge in [-0.25, -0.2) is 18.6 Å². The van der Waals surface area contributed by atoms with Crippen LogP contribution in [0, 0.1) is 11.6 Å². The average Bonchev–Trinajstić information content (AvgIpc) is 2.34. The summed E-state index contributed by atoms with van der Waals surface area (Å²) in [6.45, 7) is 0. The lowest BCUT2D eigenvalue weighted by atomic mass is 10.2. The van der Waals surface area contributed by atoms with E-state index in [1.54, 1.807) is 0 Å². The van der Waals surface area contributed by atoms with E-state index < -0.39 is 17.6 Å². The Morgan fingerprint density at radius 2 is 2.00 bits per heavy atom. The topological polar surface area (TPSA) is 50.2 Å². The fourth-order valence-corrected chi connectivity index (χ4v) is 2.26. The molecule has 0 saturated carbocycles. The lowest BCUT2D eigenvalue weighted by Gasteiger charge is -2.05. The zero-order valence-electron chi connectivity index (χ0n) is 9.23. The van der Waals surface area contributed by atoms with Crippen molar-refractivity contribution in [3.05, 3.63) is 52.7 Å². The van der Waals surface area contributed by atoms with E-state index in [-0.39, 0.29) is 20.5 Å². The highest BCUT2D eigenvalue weighted by Gasteiger charge is 2.13.